The molecule has 0 atom stereocenters. The molecule has 3 aromatic rings. The molecule has 2 aromatic carbocycles. The highest BCUT2D eigenvalue weighted by Gasteiger charge is 2.16. The average Bonchev–Trinajstić information content (AvgIpc) is 2.86. The van der Waals surface area contributed by atoms with Crippen LogP contribution in [0.1, 0.15) is 5.56 Å². The molecule has 3 rings (SSSR count). The van der Waals surface area contributed by atoms with E-state index in [1.54, 1.807) is 19.2 Å². The Hall–Kier alpha value is -1.92. The van der Waals surface area contributed by atoms with Crippen LogP contribution in [-0.4, -0.2) is 12.0 Å². The lowest BCUT2D eigenvalue weighted by atomic mass is 10.2. The molecular weight excluding hydrogens is 294 g/mol. The van der Waals surface area contributed by atoms with Gasteiger partial charge in [0.2, 0.25) is 0 Å². The minimum atomic E-state index is -0.618. The Bertz CT molecular complexity index is 732. The molecular formula is C15H12F2N2OS. The Kier molecular flexibility index (Phi) is 3.90. The van der Waals surface area contributed by atoms with E-state index in [-0.39, 0.29) is 10.1 Å². The molecule has 1 heterocycles. The quantitative estimate of drug-likeness (QED) is 0.791. The summed E-state index contributed by atoms with van der Waals surface area (Å²) in [7, 11) is 1.72. The van der Waals surface area contributed by atoms with Crippen molar-refractivity contribution < 1.29 is 13.2 Å². The average molecular weight is 306 g/mol. The Labute approximate surface area is 124 Å². The van der Waals surface area contributed by atoms with E-state index >= 15 is 0 Å². The summed E-state index contributed by atoms with van der Waals surface area (Å²) >= 11 is 0.845. The lowest BCUT2D eigenvalue weighted by molar-refractivity contribution is 0.485. The van der Waals surface area contributed by atoms with E-state index in [1.165, 1.54) is 12.1 Å². The number of aromatic nitrogens is 1. The first-order valence-corrected chi connectivity index (χ1v) is 7.15. The van der Waals surface area contributed by atoms with Crippen LogP contribution in [-0.2, 0) is 6.54 Å². The first kappa shape index (κ1) is 14.0. The molecule has 0 aliphatic heterocycles. The molecule has 0 saturated heterocycles. The van der Waals surface area contributed by atoms with Gasteiger partial charge in [0, 0.05) is 6.54 Å². The minimum Gasteiger partial charge on any atom is -0.431 e. The zero-order chi connectivity index (χ0) is 14.8. The Balaban J connectivity index is 1.93. The van der Waals surface area contributed by atoms with Crippen molar-refractivity contribution in [3.63, 3.8) is 0 Å². The van der Waals surface area contributed by atoms with Crippen molar-refractivity contribution in [2.45, 2.75) is 16.7 Å². The molecule has 0 fully saturated rings. The third-order valence-corrected chi connectivity index (χ3v) is 3.85. The zero-order valence-electron chi connectivity index (χ0n) is 11.2. The van der Waals surface area contributed by atoms with Crippen molar-refractivity contribution in [2.75, 3.05) is 7.05 Å². The summed E-state index contributed by atoms with van der Waals surface area (Å²) in [5.74, 6) is -1.24. The topological polar surface area (TPSA) is 38.1 Å². The van der Waals surface area contributed by atoms with Crippen molar-refractivity contribution in [2.24, 2.45) is 0 Å². The summed E-state index contributed by atoms with van der Waals surface area (Å²) in [6.07, 6.45) is 0. The molecule has 0 aliphatic carbocycles. The largest absolute Gasteiger partial charge is 0.431 e. The van der Waals surface area contributed by atoms with Gasteiger partial charge >= 0.3 is 0 Å². The standard InChI is InChI=1S/C15H12F2N2OS/c1-18-8-9-6-10(16)14(11(17)7-9)21-15-19-12-4-2-3-5-13(12)20-15/h2-7,18H,8H2,1H3. The summed E-state index contributed by atoms with van der Waals surface area (Å²) < 4.78 is 33.5. The van der Waals surface area contributed by atoms with Gasteiger partial charge in [-0.3, -0.25) is 0 Å². The molecule has 0 spiro atoms. The molecule has 21 heavy (non-hydrogen) atoms. The van der Waals surface area contributed by atoms with Gasteiger partial charge in [0.1, 0.15) is 17.2 Å². The Morgan fingerprint density at radius 2 is 1.90 bits per heavy atom. The highest BCUT2D eigenvalue weighted by molar-refractivity contribution is 7.99. The van der Waals surface area contributed by atoms with Gasteiger partial charge in [-0.05, 0) is 48.6 Å². The van der Waals surface area contributed by atoms with Crippen LogP contribution in [0.15, 0.2) is 50.9 Å². The van der Waals surface area contributed by atoms with Crippen LogP contribution in [0, 0.1) is 11.6 Å². The number of nitrogens with one attached hydrogen (secondary N) is 1. The molecule has 0 bridgehead atoms. The number of hydrogen-bond donors (Lipinski definition) is 1. The van der Waals surface area contributed by atoms with E-state index in [2.05, 4.69) is 10.3 Å². The highest BCUT2D eigenvalue weighted by atomic mass is 32.2. The predicted molar refractivity (Wildman–Crippen MR) is 77.3 cm³/mol. The van der Waals surface area contributed by atoms with E-state index in [0.717, 1.165) is 11.8 Å². The van der Waals surface area contributed by atoms with Gasteiger partial charge in [0.15, 0.2) is 5.58 Å². The van der Waals surface area contributed by atoms with Crippen LogP contribution in [0.25, 0.3) is 11.1 Å². The smallest absolute Gasteiger partial charge is 0.261 e. The Morgan fingerprint density at radius 3 is 2.57 bits per heavy atom. The molecule has 6 heteroatoms. The third-order valence-electron chi connectivity index (χ3n) is 2.90. The van der Waals surface area contributed by atoms with Crippen LogP contribution >= 0.6 is 11.8 Å². The van der Waals surface area contributed by atoms with Crippen LogP contribution in [0.4, 0.5) is 8.78 Å². The lowest BCUT2D eigenvalue weighted by Crippen LogP contribution is -2.06. The number of rotatable bonds is 4. The maximum absolute atomic E-state index is 14.0. The second-order valence-corrected chi connectivity index (χ2v) is 5.43. The summed E-state index contributed by atoms with van der Waals surface area (Å²) in [5, 5.41) is 3.07. The maximum atomic E-state index is 14.0. The SMILES string of the molecule is CNCc1cc(F)c(Sc2nc3ccccc3o2)c(F)c1. The van der Waals surface area contributed by atoms with Crippen LogP contribution in [0.2, 0.25) is 0 Å². The monoisotopic (exact) mass is 306 g/mol. The van der Waals surface area contributed by atoms with E-state index < -0.39 is 11.6 Å². The number of nitrogens with zero attached hydrogens (tertiary/aromatic N) is 1. The van der Waals surface area contributed by atoms with Crippen molar-refractivity contribution >= 4 is 22.9 Å². The van der Waals surface area contributed by atoms with Gasteiger partial charge in [-0.15, -0.1) is 0 Å². The lowest BCUT2D eigenvalue weighted by Gasteiger charge is -2.05. The number of fused-ring (bicyclic) bond motifs is 1. The minimum absolute atomic E-state index is 0.110. The normalized spacial score (nSPS) is 11.2. The fraction of sp³-hybridized carbons (Fsp3) is 0.133. The number of para-hydroxylation sites is 2. The number of hydrogen-bond acceptors (Lipinski definition) is 4. The molecule has 108 valence electrons. The van der Waals surface area contributed by atoms with E-state index in [4.69, 9.17) is 4.42 Å². The molecule has 0 unspecified atom stereocenters. The summed E-state index contributed by atoms with van der Waals surface area (Å²) in [4.78, 5) is 4.09. The zero-order valence-corrected chi connectivity index (χ0v) is 12.0. The van der Waals surface area contributed by atoms with E-state index in [0.29, 0.717) is 23.2 Å². The predicted octanol–water partition coefficient (Wildman–Crippen LogP) is 3.98. The molecule has 0 radical (unpaired) electrons. The molecule has 0 amide bonds. The van der Waals surface area contributed by atoms with Gasteiger partial charge in [-0.2, -0.15) is 0 Å². The molecule has 1 aromatic heterocycles. The van der Waals surface area contributed by atoms with Crippen molar-refractivity contribution in [1.29, 1.82) is 0 Å². The van der Waals surface area contributed by atoms with Crippen LogP contribution < -0.4 is 5.32 Å². The van der Waals surface area contributed by atoms with Crippen LogP contribution in [0.5, 0.6) is 0 Å². The second-order valence-electron chi connectivity index (χ2n) is 4.47. The Morgan fingerprint density at radius 1 is 1.19 bits per heavy atom. The molecule has 0 aliphatic rings. The molecule has 0 saturated carbocycles. The van der Waals surface area contributed by atoms with Crippen molar-refractivity contribution in [3.05, 3.63) is 53.6 Å². The third kappa shape index (κ3) is 2.91. The van der Waals surface area contributed by atoms with E-state index in [1.807, 2.05) is 12.1 Å². The summed E-state index contributed by atoms with van der Waals surface area (Å²) in [6, 6.07) is 9.80. The first-order valence-electron chi connectivity index (χ1n) is 6.33. The number of oxazole rings is 1. The van der Waals surface area contributed by atoms with Crippen molar-refractivity contribution in [1.82, 2.24) is 10.3 Å². The fourth-order valence-electron chi connectivity index (χ4n) is 2.00. The maximum Gasteiger partial charge on any atom is 0.261 e. The number of halogens is 2. The van der Waals surface area contributed by atoms with Gasteiger partial charge in [-0.1, -0.05) is 12.1 Å². The molecule has 1 N–H and O–H groups in total. The number of benzene rings is 2. The second kappa shape index (κ2) is 5.83. The van der Waals surface area contributed by atoms with Gasteiger partial charge < -0.3 is 9.73 Å². The molecule has 3 nitrogen and oxygen atoms in total. The van der Waals surface area contributed by atoms with Crippen LogP contribution in [0.3, 0.4) is 0 Å². The summed E-state index contributed by atoms with van der Waals surface area (Å²) in [5.41, 5.74) is 1.80. The van der Waals surface area contributed by atoms with Crippen molar-refractivity contribution in [3.8, 4) is 0 Å². The van der Waals surface area contributed by atoms with Gasteiger partial charge in [0.05, 0.1) is 4.90 Å². The summed E-state index contributed by atoms with van der Waals surface area (Å²) in [6.45, 7) is 0.404. The fourth-order valence-corrected chi connectivity index (χ4v) is 2.76. The highest BCUT2D eigenvalue weighted by Crippen LogP contribution is 2.33. The van der Waals surface area contributed by atoms with Gasteiger partial charge in [0.25, 0.3) is 5.22 Å². The van der Waals surface area contributed by atoms with Gasteiger partial charge in [-0.25, -0.2) is 13.8 Å². The first-order chi connectivity index (χ1) is 10.2. The van der Waals surface area contributed by atoms with E-state index in [9.17, 15) is 8.78 Å².